The summed E-state index contributed by atoms with van der Waals surface area (Å²) in [5.41, 5.74) is 1.50. The summed E-state index contributed by atoms with van der Waals surface area (Å²) in [4.78, 5) is 0. The number of hydrogen-bond donors (Lipinski definition) is 1. The molecule has 2 aromatic rings. The van der Waals surface area contributed by atoms with Crippen LogP contribution in [-0.4, -0.2) is 12.2 Å². The number of methoxy groups -OCH3 is 1. The molecule has 0 fully saturated rings. The lowest BCUT2D eigenvalue weighted by Gasteiger charge is -2.17. The molecule has 0 aromatic heterocycles. The van der Waals surface area contributed by atoms with Gasteiger partial charge in [-0.05, 0) is 30.7 Å². The summed E-state index contributed by atoms with van der Waals surface area (Å²) < 4.78 is 18.6. The maximum Gasteiger partial charge on any atom is 0.127 e. The van der Waals surface area contributed by atoms with E-state index in [9.17, 15) is 9.50 Å². The number of hydrogen-bond acceptors (Lipinski definition) is 2. The summed E-state index contributed by atoms with van der Waals surface area (Å²) in [6.45, 7) is 1.63. The normalized spacial score (nSPS) is 12.3. The molecule has 2 rings (SSSR count). The van der Waals surface area contributed by atoms with E-state index in [1.54, 1.807) is 31.2 Å². The van der Waals surface area contributed by atoms with E-state index < -0.39 is 6.10 Å². The Morgan fingerprint density at radius 2 is 1.89 bits per heavy atom. The zero-order chi connectivity index (χ0) is 14.0. The predicted molar refractivity (Wildman–Crippen MR) is 73.2 cm³/mol. The second-order valence-electron chi connectivity index (χ2n) is 4.27. The van der Waals surface area contributed by atoms with Crippen LogP contribution in [0.3, 0.4) is 0 Å². The van der Waals surface area contributed by atoms with Gasteiger partial charge in [0.25, 0.3) is 0 Å². The fraction of sp³-hybridized carbons (Fsp3) is 0.200. The van der Waals surface area contributed by atoms with Gasteiger partial charge in [-0.2, -0.15) is 0 Å². The van der Waals surface area contributed by atoms with Crippen LogP contribution in [0, 0.1) is 12.7 Å². The van der Waals surface area contributed by atoms with E-state index in [-0.39, 0.29) is 10.8 Å². The van der Waals surface area contributed by atoms with E-state index in [4.69, 9.17) is 16.3 Å². The predicted octanol–water partition coefficient (Wildman–Crippen LogP) is 3.88. The van der Waals surface area contributed by atoms with Gasteiger partial charge in [-0.25, -0.2) is 4.39 Å². The van der Waals surface area contributed by atoms with E-state index in [0.29, 0.717) is 22.4 Å². The van der Waals surface area contributed by atoms with Gasteiger partial charge in [0.05, 0.1) is 7.11 Å². The van der Waals surface area contributed by atoms with Crippen molar-refractivity contribution in [2.24, 2.45) is 0 Å². The molecular weight excluding hydrogens is 267 g/mol. The summed E-state index contributed by atoms with van der Waals surface area (Å²) in [5, 5.41) is 10.6. The molecule has 0 spiro atoms. The van der Waals surface area contributed by atoms with Crippen molar-refractivity contribution >= 4 is 11.6 Å². The molecule has 1 atom stereocenters. The number of halogens is 2. The van der Waals surface area contributed by atoms with E-state index in [1.165, 1.54) is 13.2 Å². The van der Waals surface area contributed by atoms with Gasteiger partial charge in [0.15, 0.2) is 0 Å². The first-order chi connectivity index (χ1) is 9.04. The van der Waals surface area contributed by atoms with Crippen LogP contribution in [0.25, 0.3) is 0 Å². The summed E-state index contributed by atoms with van der Waals surface area (Å²) in [6.07, 6.45) is -0.956. The highest BCUT2D eigenvalue weighted by atomic mass is 35.5. The molecule has 2 nitrogen and oxygen atoms in total. The lowest BCUT2D eigenvalue weighted by atomic mass is 9.99. The number of aryl methyl sites for hydroxylation is 1. The van der Waals surface area contributed by atoms with Gasteiger partial charge in [0, 0.05) is 16.1 Å². The third kappa shape index (κ3) is 2.72. The van der Waals surface area contributed by atoms with Crippen molar-refractivity contribution in [3.8, 4) is 5.75 Å². The molecule has 19 heavy (non-hydrogen) atoms. The molecular formula is C15H14ClFO2. The van der Waals surface area contributed by atoms with Gasteiger partial charge in [0.1, 0.15) is 17.7 Å². The molecule has 0 aliphatic heterocycles. The zero-order valence-corrected chi connectivity index (χ0v) is 11.4. The Balaban J connectivity index is 2.50. The summed E-state index contributed by atoms with van der Waals surface area (Å²) in [7, 11) is 1.53. The third-order valence-corrected chi connectivity index (χ3v) is 3.33. The molecule has 4 heteroatoms. The van der Waals surface area contributed by atoms with Gasteiger partial charge in [-0.1, -0.05) is 29.8 Å². The Bertz CT molecular complexity index is 599. The fourth-order valence-electron chi connectivity index (χ4n) is 1.95. The first-order valence-electron chi connectivity index (χ1n) is 5.81. The number of benzene rings is 2. The number of aliphatic hydroxyl groups is 1. The fourth-order valence-corrected chi connectivity index (χ4v) is 2.20. The molecule has 1 unspecified atom stereocenters. The molecule has 100 valence electrons. The second kappa shape index (κ2) is 5.59. The standard InChI is InChI=1S/C15H14ClFO2/c1-9-7-11(12(16)8-13(9)17)15(18)10-5-3-4-6-14(10)19-2/h3-8,15,18H,1-2H3. The third-order valence-electron chi connectivity index (χ3n) is 3.01. The molecule has 2 aromatic carbocycles. The Hall–Kier alpha value is -1.58. The maximum atomic E-state index is 13.4. The van der Waals surface area contributed by atoms with Crippen molar-refractivity contribution in [2.45, 2.75) is 13.0 Å². The lowest BCUT2D eigenvalue weighted by molar-refractivity contribution is 0.214. The van der Waals surface area contributed by atoms with Crippen molar-refractivity contribution in [3.05, 3.63) is 63.9 Å². The molecule has 0 amide bonds. The van der Waals surface area contributed by atoms with Crippen LogP contribution in [0.15, 0.2) is 36.4 Å². The minimum atomic E-state index is -0.956. The Labute approximate surface area is 116 Å². The molecule has 0 aliphatic rings. The van der Waals surface area contributed by atoms with Crippen molar-refractivity contribution in [1.29, 1.82) is 0 Å². The monoisotopic (exact) mass is 280 g/mol. The number of aliphatic hydroxyl groups excluding tert-OH is 1. The lowest BCUT2D eigenvalue weighted by Crippen LogP contribution is -2.04. The number of rotatable bonds is 3. The topological polar surface area (TPSA) is 29.5 Å². The van der Waals surface area contributed by atoms with Crippen LogP contribution in [-0.2, 0) is 0 Å². The highest BCUT2D eigenvalue weighted by Crippen LogP contribution is 2.34. The minimum Gasteiger partial charge on any atom is -0.496 e. The summed E-state index contributed by atoms with van der Waals surface area (Å²) in [5.74, 6) is 0.175. The quantitative estimate of drug-likeness (QED) is 0.924. The Morgan fingerprint density at radius 3 is 2.58 bits per heavy atom. The van der Waals surface area contributed by atoms with Gasteiger partial charge >= 0.3 is 0 Å². The molecule has 0 radical (unpaired) electrons. The Morgan fingerprint density at radius 1 is 1.21 bits per heavy atom. The van der Waals surface area contributed by atoms with Crippen molar-refractivity contribution in [1.82, 2.24) is 0 Å². The molecule has 1 N–H and O–H groups in total. The van der Waals surface area contributed by atoms with E-state index in [1.807, 2.05) is 6.07 Å². The SMILES string of the molecule is COc1ccccc1C(O)c1cc(C)c(F)cc1Cl. The van der Waals surface area contributed by atoms with Crippen LogP contribution in [0.1, 0.15) is 22.8 Å². The summed E-state index contributed by atoms with van der Waals surface area (Å²) >= 11 is 6.00. The average Bonchev–Trinajstić information content (AvgIpc) is 2.42. The molecule has 0 saturated heterocycles. The second-order valence-corrected chi connectivity index (χ2v) is 4.67. The first kappa shape index (κ1) is 13.8. The van der Waals surface area contributed by atoms with Crippen LogP contribution in [0.2, 0.25) is 5.02 Å². The highest BCUT2D eigenvalue weighted by Gasteiger charge is 2.19. The largest absolute Gasteiger partial charge is 0.496 e. The molecule has 0 heterocycles. The van der Waals surface area contributed by atoms with E-state index in [2.05, 4.69) is 0 Å². The van der Waals surface area contributed by atoms with Crippen molar-refractivity contribution in [2.75, 3.05) is 7.11 Å². The number of para-hydroxylation sites is 1. The van der Waals surface area contributed by atoms with Gasteiger partial charge in [-0.15, -0.1) is 0 Å². The highest BCUT2D eigenvalue weighted by molar-refractivity contribution is 6.31. The first-order valence-corrected chi connectivity index (χ1v) is 6.19. The molecule has 0 aliphatic carbocycles. The summed E-state index contributed by atoms with van der Waals surface area (Å²) in [6, 6.07) is 9.87. The minimum absolute atomic E-state index is 0.196. The smallest absolute Gasteiger partial charge is 0.127 e. The average molecular weight is 281 g/mol. The zero-order valence-electron chi connectivity index (χ0n) is 10.7. The van der Waals surface area contributed by atoms with Crippen LogP contribution < -0.4 is 4.74 Å². The van der Waals surface area contributed by atoms with Gasteiger partial charge < -0.3 is 9.84 Å². The van der Waals surface area contributed by atoms with Crippen LogP contribution in [0.5, 0.6) is 5.75 Å². The molecule has 0 bridgehead atoms. The van der Waals surface area contributed by atoms with Gasteiger partial charge in [0.2, 0.25) is 0 Å². The number of ether oxygens (including phenoxy) is 1. The van der Waals surface area contributed by atoms with E-state index >= 15 is 0 Å². The van der Waals surface area contributed by atoms with Crippen molar-refractivity contribution < 1.29 is 14.2 Å². The van der Waals surface area contributed by atoms with Crippen LogP contribution >= 0.6 is 11.6 Å². The van der Waals surface area contributed by atoms with E-state index in [0.717, 1.165) is 0 Å². The molecule has 0 saturated carbocycles. The maximum absolute atomic E-state index is 13.4. The van der Waals surface area contributed by atoms with Gasteiger partial charge in [-0.3, -0.25) is 0 Å². The Kier molecular flexibility index (Phi) is 4.08. The van der Waals surface area contributed by atoms with Crippen LogP contribution in [0.4, 0.5) is 4.39 Å². The van der Waals surface area contributed by atoms with Crippen molar-refractivity contribution in [3.63, 3.8) is 0 Å².